The predicted octanol–water partition coefficient (Wildman–Crippen LogP) is 1.22. The summed E-state index contributed by atoms with van der Waals surface area (Å²) >= 11 is 0. The summed E-state index contributed by atoms with van der Waals surface area (Å²) in [5, 5.41) is 0. The molecule has 0 aromatic carbocycles. The molecule has 0 aromatic heterocycles. The molecule has 0 aromatic rings. The van der Waals surface area contributed by atoms with Crippen molar-refractivity contribution in [1.29, 1.82) is 0 Å². The highest BCUT2D eigenvalue weighted by atomic mass is 16.5. The molecule has 0 atom stereocenters. The highest BCUT2D eigenvalue weighted by Crippen LogP contribution is 1.95. The molecule has 0 unspecified atom stereocenters. The monoisotopic (exact) mass is 157 g/mol. The second-order valence-corrected chi connectivity index (χ2v) is 2.84. The molecular formula is C8H15NO2. The van der Waals surface area contributed by atoms with E-state index in [1.54, 1.807) is 24.9 Å². The average Bonchev–Trinajstić information content (AvgIpc) is 1.86. The highest BCUT2D eigenvalue weighted by molar-refractivity contribution is 5.72. The second-order valence-electron chi connectivity index (χ2n) is 2.84. The standard InChI is InChI=1S/C8H15NO2/c1-7(2)8(10)11-6-5-9(3)4/h5-7H,1-4H3/b6-5+. The summed E-state index contributed by atoms with van der Waals surface area (Å²) in [6.45, 7) is 3.59. The van der Waals surface area contributed by atoms with Crippen LogP contribution >= 0.6 is 0 Å². The van der Waals surface area contributed by atoms with Crippen molar-refractivity contribution >= 4 is 5.97 Å². The van der Waals surface area contributed by atoms with E-state index in [0.29, 0.717) is 0 Å². The van der Waals surface area contributed by atoms with E-state index in [9.17, 15) is 4.79 Å². The molecule has 0 spiro atoms. The fraction of sp³-hybridized carbons (Fsp3) is 0.625. The molecule has 3 nitrogen and oxygen atoms in total. The Balaban J connectivity index is 3.62. The fourth-order valence-corrected chi connectivity index (χ4v) is 0.355. The van der Waals surface area contributed by atoms with E-state index in [4.69, 9.17) is 4.74 Å². The predicted molar refractivity (Wildman–Crippen MR) is 43.8 cm³/mol. The number of carbonyl (C=O) groups is 1. The Hall–Kier alpha value is -0.990. The molecule has 0 fully saturated rings. The van der Waals surface area contributed by atoms with E-state index in [2.05, 4.69) is 0 Å². The average molecular weight is 157 g/mol. The summed E-state index contributed by atoms with van der Waals surface area (Å²) in [5.41, 5.74) is 0. The van der Waals surface area contributed by atoms with Crippen molar-refractivity contribution in [2.75, 3.05) is 14.1 Å². The van der Waals surface area contributed by atoms with Crippen LogP contribution in [0.4, 0.5) is 0 Å². The maximum Gasteiger partial charge on any atom is 0.313 e. The fourth-order valence-electron chi connectivity index (χ4n) is 0.355. The Morgan fingerprint density at radius 3 is 2.36 bits per heavy atom. The van der Waals surface area contributed by atoms with Crippen LogP contribution in [0.15, 0.2) is 12.5 Å². The number of esters is 1. The minimum Gasteiger partial charge on any atom is -0.433 e. The van der Waals surface area contributed by atoms with Gasteiger partial charge in [0.15, 0.2) is 0 Å². The molecule has 0 rings (SSSR count). The zero-order chi connectivity index (χ0) is 8.85. The summed E-state index contributed by atoms with van der Waals surface area (Å²) in [4.78, 5) is 12.6. The number of rotatable bonds is 3. The van der Waals surface area contributed by atoms with E-state index in [-0.39, 0.29) is 11.9 Å². The van der Waals surface area contributed by atoms with Gasteiger partial charge >= 0.3 is 5.97 Å². The Bertz CT molecular complexity index is 150. The van der Waals surface area contributed by atoms with Gasteiger partial charge in [-0.05, 0) is 0 Å². The molecule has 64 valence electrons. The highest BCUT2D eigenvalue weighted by Gasteiger charge is 2.05. The Morgan fingerprint density at radius 1 is 1.45 bits per heavy atom. The number of ether oxygens (including phenoxy) is 1. The molecule has 3 heteroatoms. The molecule has 0 radical (unpaired) electrons. The Kier molecular flexibility index (Phi) is 4.34. The molecule has 0 aliphatic carbocycles. The lowest BCUT2D eigenvalue weighted by Crippen LogP contribution is -2.09. The van der Waals surface area contributed by atoms with Crippen molar-refractivity contribution < 1.29 is 9.53 Å². The number of hydrogen-bond donors (Lipinski definition) is 0. The van der Waals surface area contributed by atoms with Crippen LogP contribution in [-0.2, 0) is 9.53 Å². The summed E-state index contributed by atoms with van der Waals surface area (Å²) in [6.07, 6.45) is 3.07. The van der Waals surface area contributed by atoms with Crippen LogP contribution in [0.3, 0.4) is 0 Å². The molecule has 0 N–H and O–H groups in total. The van der Waals surface area contributed by atoms with Crippen molar-refractivity contribution in [3.63, 3.8) is 0 Å². The number of carbonyl (C=O) groups excluding carboxylic acids is 1. The first-order chi connectivity index (χ1) is 5.04. The van der Waals surface area contributed by atoms with Crippen molar-refractivity contribution in [3.05, 3.63) is 12.5 Å². The normalized spacial score (nSPS) is 10.6. The van der Waals surface area contributed by atoms with Crippen LogP contribution in [-0.4, -0.2) is 25.0 Å². The first kappa shape index (κ1) is 10.0. The van der Waals surface area contributed by atoms with Gasteiger partial charge in [-0.3, -0.25) is 4.79 Å². The molecule has 0 heterocycles. The summed E-state index contributed by atoms with van der Waals surface area (Å²) in [6, 6.07) is 0. The topological polar surface area (TPSA) is 29.5 Å². The first-order valence-corrected chi connectivity index (χ1v) is 3.57. The summed E-state index contributed by atoms with van der Waals surface area (Å²) in [7, 11) is 3.72. The lowest BCUT2D eigenvalue weighted by Gasteiger charge is -2.04. The van der Waals surface area contributed by atoms with Gasteiger partial charge in [0.05, 0.1) is 5.92 Å². The lowest BCUT2D eigenvalue weighted by molar-refractivity contribution is -0.141. The SMILES string of the molecule is CC(C)C(=O)O/C=C/N(C)C. The zero-order valence-electron chi connectivity index (χ0n) is 7.50. The van der Waals surface area contributed by atoms with Crippen LogP contribution in [0.2, 0.25) is 0 Å². The van der Waals surface area contributed by atoms with Gasteiger partial charge in [0, 0.05) is 20.3 Å². The van der Waals surface area contributed by atoms with Gasteiger partial charge in [-0.15, -0.1) is 0 Å². The Labute approximate surface area is 67.6 Å². The van der Waals surface area contributed by atoms with Gasteiger partial charge in [-0.25, -0.2) is 0 Å². The van der Waals surface area contributed by atoms with Crippen LogP contribution in [0.5, 0.6) is 0 Å². The van der Waals surface area contributed by atoms with Crippen LogP contribution in [0, 0.1) is 5.92 Å². The lowest BCUT2D eigenvalue weighted by atomic mass is 10.2. The number of hydrogen-bond acceptors (Lipinski definition) is 3. The van der Waals surface area contributed by atoms with E-state index in [1.165, 1.54) is 6.26 Å². The van der Waals surface area contributed by atoms with E-state index in [1.807, 2.05) is 14.1 Å². The van der Waals surface area contributed by atoms with Gasteiger partial charge in [0.2, 0.25) is 0 Å². The molecule has 11 heavy (non-hydrogen) atoms. The third-order valence-electron chi connectivity index (χ3n) is 1.01. The van der Waals surface area contributed by atoms with Crippen LogP contribution < -0.4 is 0 Å². The quantitative estimate of drug-likeness (QED) is 0.455. The molecular weight excluding hydrogens is 142 g/mol. The van der Waals surface area contributed by atoms with Gasteiger partial charge in [-0.1, -0.05) is 13.8 Å². The third kappa shape index (κ3) is 5.45. The van der Waals surface area contributed by atoms with Crippen molar-refractivity contribution in [3.8, 4) is 0 Å². The van der Waals surface area contributed by atoms with Crippen molar-refractivity contribution in [2.45, 2.75) is 13.8 Å². The minimum absolute atomic E-state index is 0.0678. The first-order valence-electron chi connectivity index (χ1n) is 3.57. The zero-order valence-corrected chi connectivity index (χ0v) is 7.50. The van der Waals surface area contributed by atoms with E-state index in [0.717, 1.165) is 0 Å². The molecule has 0 amide bonds. The van der Waals surface area contributed by atoms with Gasteiger partial charge in [0.1, 0.15) is 6.26 Å². The van der Waals surface area contributed by atoms with Crippen molar-refractivity contribution in [2.24, 2.45) is 5.92 Å². The molecule has 0 saturated carbocycles. The summed E-state index contributed by atoms with van der Waals surface area (Å²) in [5.74, 6) is -0.273. The van der Waals surface area contributed by atoms with E-state index < -0.39 is 0 Å². The molecule has 0 aliphatic rings. The maximum absolute atomic E-state index is 10.8. The van der Waals surface area contributed by atoms with Crippen LogP contribution in [0.1, 0.15) is 13.8 Å². The Morgan fingerprint density at radius 2 is 2.00 bits per heavy atom. The number of nitrogens with zero attached hydrogens (tertiary/aromatic N) is 1. The van der Waals surface area contributed by atoms with Gasteiger partial charge < -0.3 is 9.64 Å². The smallest absolute Gasteiger partial charge is 0.313 e. The molecule has 0 saturated heterocycles. The third-order valence-corrected chi connectivity index (χ3v) is 1.01. The van der Waals surface area contributed by atoms with Crippen LogP contribution in [0.25, 0.3) is 0 Å². The van der Waals surface area contributed by atoms with E-state index >= 15 is 0 Å². The molecule has 0 aliphatic heterocycles. The van der Waals surface area contributed by atoms with Gasteiger partial charge in [0.25, 0.3) is 0 Å². The molecule has 0 bridgehead atoms. The maximum atomic E-state index is 10.8. The van der Waals surface area contributed by atoms with Gasteiger partial charge in [-0.2, -0.15) is 0 Å². The van der Waals surface area contributed by atoms with Crippen molar-refractivity contribution in [1.82, 2.24) is 4.90 Å². The second kappa shape index (κ2) is 4.77. The summed E-state index contributed by atoms with van der Waals surface area (Å²) < 4.78 is 4.75. The minimum atomic E-state index is -0.205. The largest absolute Gasteiger partial charge is 0.433 e.